The first-order valence-electron chi connectivity index (χ1n) is 28.2. The number of likely N-dealkylation sites (tertiary alicyclic amines) is 2. The number of ether oxygens (including phenoxy) is 1. The number of halogens is 5. The number of benzene rings is 4. The molecule has 2 unspecified atom stereocenters. The van der Waals surface area contributed by atoms with Crippen LogP contribution < -0.4 is 108 Å². The first-order valence-corrected chi connectivity index (χ1v) is 35.3. The molecule has 4 amide bonds. The largest absolute Gasteiger partial charge is 1.00 e. The number of carbonyl (C=O) groups is 7. The van der Waals surface area contributed by atoms with Gasteiger partial charge in [-0.25, -0.2) is 8.42 Å². The quantitative estimate of drug-likeness (QED) is 0.0180. The molecule has 4 aromatic rings. The molecule has 2 saturated heterocycles. The Labute approximate surface area is 647 Å². The minimum Gasteiger partial charge on any atom is -1.00 e. The van der Waals surface area contributed by atoms with E-state index in [0.717, 1.165) is 22.3 Å². The van der Waals surface area contributed by atoms with E-state index in [2.05, 4.69) is 36.2 Å². The van der Waals surface area contributed by atoms with Crippen LogP contribution in [0.5, 0.6) is 0 Å². The number of methoxy groups -OCH3 is 1. The minimum absolute atomic E-state index is 0. The third kappa shape index (κ3) is 23.7. The van der Waals surface area contributed by atoms with Crippen LogP contribution in [0.1, 0.15) is 156 Å². The molecule has 482 valence electrons. The molecule has 2 heterocycles. The van der Waals surface area contributed by atoms with E-state index in [9.17, 15) is 42.3 Å². The molecule has 17 nitrogen and oxygen atoms in total. The predicted octanol–water partition coefficient (Wildman–Crippen LogP) is 7.65. The molecular weight excluding hydrogens is 1430 g/mol. The zero-order chi connectivity index (χ0) is 66.1. The molecule has 0 aliphatic carbocycles. The average molecular weight is 1520 g/mol. The molecule has 0 bridgehead atoms. The summed E-state index contributed by atoms with van der Waals surface area (Å²) in [5, 5.41) is 19.6. The molecule has 0 spiro atoms. The summed E-state index contributed by atoms with van der Waals surface area (Å²) < 4.78 is 41.5. The number of hydrogen-bond donors (Lipinski definition) is 1. The molecule has 2 aliphatic rings. The Bertz CT molecular complexity index is 3320. The molecule has 2 aliphatic heterocycles. The van der Waals surface area contributed by atoms with Gasteiger partial charge in [0.2, 0.25) is 11.8 Å². The number of aliphatic carboxylic acids is 1. The van der Waals surface area contributed by atoms with Gasteiger partial charge in [0.15, 0.2) is 0 Å². The summed E-state index contributed by atoms with van der Waals surface area (Å²) in [4.78, 5) is 94.8. The summed E-state index contributed by atoms with van der Waals surface area (Å²) in [5.41, 5.74) is 1.06. The zero-order valence-corrected chi connectivity index (χ0v) is 66.7. The Morgan fingerprint density at radius 2 is 0.966 bits per heavy atom. The number of rotatable bonds is 19. The Morgan fingerprint density at radius 1 is 0.640 bits per heavy atom. The summed E-state index contributed by atoms with van der Waals surface area (Å²) in [6.07, 6.45) is 0.137. The van der Waals surface area contributed by atoms with E-state index in [-0.39, 0.29) is 177 Å². The van der Waals surface area contributed by atoms with Crippen molar-refractivity contribution in [3.05, 3.63) is 139 Å². The van der Waals surface area contributed by atoms with Crippen LogP contribution in [0.4, 0.5) is 0 Å². The van der Waals surface area contributed by atoms with Crippen molar-refractivity contribution >= 4 is 130 Å². The average Bonchev–Trinajstić information content (AvgIpc) is 0.761. The van der Waals surface area contributed by atoms with Crippen molar-refractivity contribution in [1.82, 2.24) is 9.80 Å². The second-order valence-corrected chi connectivity index (χ2v) is 30.9. The van der Waals surface area contributed by atoms with Gasteiger partial charge >= 0.3 is 115 Å². The number of carboxylic acids is 1. The van der Waals surface area contributed by atoms with E-state index >= 15 is 0 Å². The topological polar surface area (TPSA) is 247 Å². The van der Waals surface area contributed by atoms with E-state index in [0.29, 0.717) is 26.5 Å². The van der Waals surface area contributed by atoms with Gasteiger partial charge in [-0.2, -0.15) is 8.73 Å². The van der Waals surface area contributed by atoms with Crippen LogP contribution in [0.2, 0.25) is 20.1 Å². The van der Waals surface area contributed by atoms with Crippen molar-refractivity contribution < 1.29 is 166 Å². The summed E-state index contributed by atoms with van der Waals surface area (Å²) >= 11 is 27.5. The van der Waals surface area contributed by atoms with E-state index in [1.165, 1.54) is 21.0 Å². The van der Waals surface area contributed by atoms with Gasteiger partial charge in [-0.3, -0.25) is 33.6 Å². The fourth-order valence-corrected chi connectivity index (χ4v) is 16.3. The number of piperidine rings is 2. The van der Waals surface area contributed by atoms with Gasteiger partial charge in [-0.15, -0.1) is 0 Å². The summed E-state index contributed by atoms with van der Waals surface area (Å²) in [5.74, 6) is -4.16. The number of esters is 1. The van der Waals surface area contributed by atoms with Gasteiger partial charge in [0.25, 0.3) is 18.3 Å². The number of carboxylic acid groups (broad SMARTS) is 1. The third-order valence-electron chi connectivity index (χ3n) is 15.6. The molecular formula is C63H83Cl4IK2N4O13S2. The number of hydrogen-bond acceptors (Lipinski definition) is 12. The maximum absolute atomic E-state index is 14.7. The van der Waals surface area contributed by atoms with Crippen LogP contribution in [0.3, 0.4) is 0 Å². The summed E-state index contributed by atoms with van der Waals surface area (Å²) in [6.45, 7) is 20.7. The van der Waals surface area contributed by atoms with Crippen LogP contribution in [0.25, 0.3) is 0 Å². The fourth-order valence-electron chi connectivity index (χ4n) is 11.3. The summed E-state index contributed by atoms with van der Waals surface area (Å²) in [7, 11) is -4.80. The van der Waals surface area contributed by atoms with Crippen LogP contribution in [-0.4, -0.2) is 111 Å². The van der Waals surface area contributed by atoms with Crippen molar-refractivity contribution in [2.75, 3.05) is 23.5 Å². The number of carbonyl (C=O) groups excluding carboxylic acids is 6. The van der Waals surface area contributed by atoms with Crippen molar-refractivity contribution in [3.63, 3.8) is 0 Å². The Morgan fingerprint density at radius 3 is 1.22 bits per heavy atom. The van der Waals surface area contributed by atoms with E-state index < -0.39 is 88.7 Å². The molecule has 89 heavy (non-hydrogen) atoms. The van der Waals surface area contributed by atoms with Crippen LogP contribution in [-0.2, 0) is 62.6 Å². The normalized spacial score (nSPS) is 21.7. The molecule has 2 fully saturated rings. The maximum Gasteiger partial charge on any atom is 1.00 e. The molecule has 0 radical (unpaired) electrons. The SMILES string of the molecule is CC(=O)N=S(=O)(C[C@H](C(C)C)N1C(=O)[C@@](C)(CC(=O)O)C[C@H](c2cccc(Cl)c2)[C@H]1c1ccc(Cl)cc1)C(C)C.CI.COC(=O)C[C@@]1(C)C[C@H](c2cccc(Cl)c2)[C@@H](c2ccc(Cl)cc2)N([C@H](CS(=O)(=NC(C)=O)C(C)C)C(C)C)C1=O.O=CO[O-].[H-].[K+].[K+]. The van der Waals surface area contributed by atoms with Crippen molar-refractivity contribution in [2.24, 2.45) is 31.4 Å². The molecule has 0 aromatic heterocycles. The zero-order valence-electron chi connectivity index (χ0n) is 54.7. The molecule has 6 rings (SSSR count). The number of amides is 4. The van der Waals surface area contributed by atoms with Gasteiger partial charge in [0, 0.05) is 68.4 Å². The standard InChI is InChI=1S/C31H40Cl2N2O5S.C30H38Cl2N2O5S.CH3I.CH2O3.2K.H/c1-19(2)27(18-41(39,20(3)4)34-21(5)36)35-29(22-11-13-24(32)14-12-22)26(23-9-8-10-25(33)15-23)16-31(6,30(35)38)17-28(37)40-7;1-18(2)26(17-40(39,19(3)4)33-20(5)35)34-28(21-10-12-23(31)13-11-21)25(22-8-7-9-24(32)14-22)15-30(6,29(34)38)16-27(36)37;1-2;2-1-4-3;;;/h8-15,19-20,26-27,29H,16-18H2,1-7H3;7-14,18-19,25-26,28H,15-17H2,1-6H3,(H,36,37);1H3;1,3H;;;/q;;;;2*+1;-1/p-1/t26-,27-,29-,31-,41?;25-,26-,28-,30-,40?;;;;;/m11...../s1. The molecule has 1 N–H and O–H groups in total. The Hall–Kier alpha value is -1.41. The molecule has 26 heteroatoms. The van der Waals surface area contributed by atoms with E-state index in [1.807, 2.05) is 93.3 Å². The van der Waals surface area contributed by atoms with Crippen LogP contribution in [0.15, 0.2) is 106 Å². The minimum atomic E-state index is -3.06. The third-order valence-corrected chi connectivity index (χ3v) is 22.3. The monoisotopic (exact) mass is 1510 g/mol. The molecule has 0 saturated carbocycles. The second-order valence-electron chi connectivity index (χ2n) is 23.4. The van der Waals surface area contributed by atoms with Crippen molar-refractivity contribution in [2.45, 2.75) is 155 Å². The first kappa shape index (κ1) is 85.6. The fraction of sp³-hybridized carbons (Fsp3) is 0.508. The molecule has 10 atom stereocenters. The van der Waals surface area contributed by atoms with Gasteiger partial charge in [0.1, 0.15) is 0 Å². The van der Waals surface area contributed by atoms with Crippen LogP contribution >= 0.6 is 69.0 Å². The van der Waals surface area contributed by atoms with E-state index in [1.54, 1.807) is 87.7 Å². The Kier molecular flexibility index (Phi) is 37.5. The van der Waals surface area contributed by atoms with Gasteiger partial charge in [0.05, 0.1) is 73.8 Å². The van der Waals surface area contributed by atoms with E-state index in [4.69, 9.17) is 61.2 Å². The molecule has 4 aromatic carbocycles. The Balaban J connectivity index is 0.00000157. The smallest absolute Gasteiger partial charge is 1.00 e. The van der Waals surface area contributed by atoms with Crippen LogP contribution in [0, 0.1) is 22.7 Å². The van der Waals surface area contributed by atoms with Gasteiger partial charge < -0.3 is 31.2 Å². The second kappa shape index (κ2) is 39.0. The number of nitrogens with zero attached hydrogens (tertiary/aromatic N) is 4. The predicted molar refractivity (Wildman–Crippen MR) is 353 cm³/mol. The van der Waals surface area contributed by atoms with Crippen molar-refractivity contribution in [3.8, 4) is 0 Å². The van der Waals surface area contributed by atoms with Gasteiger partial charge in [-0.1, -0.05) is 187 Å². The first-order chi connectivity index (χ1) is 40.6. The summed E-state index contributed by atoms with van der Waals surface area (Å²) in [6, 6.07) is 27.3. The number of alkyl halides is 1. The van der Waals surface area contributed by atoms with Crippen molar-refractivity contribution in [1.29, 1.82) is 0 Å². The maximum atomic E-state index is 14.7. The van der Waals surface area contributed by atoms with Gasteiger partial charge in [-0.05, 0) is 100 Å².